The number of amides is 1. The Bertz CT molecular complexity index is 1330. The van der Waals surface area contributed by atoms with Crippen LogP contribution in [-0.4, -0.2) is 49.8 Å². The lowest BCUT2D eigenvalue weighted by Crippen LogP contribution is -2.42. The summed E-state index contributed by atoms with van der Waals surface area (Å²) >= 11 is 0. The van der Waals surface area contributed by atoms with Crippen molar-refractivity contribution < 1.29 is 14.1 Å². The number of aliphatic hydroxyl groups excluding tert-OH is 1. The Morgan fingerprint density at radius 1 is 0.972 bits per heavy atom. The zero-order valence-corrected chi connectivity index (χ0v) is 21.3. The molecule has 0 fully saturated rings. The Kier molecular flexibility index (Phi) is 8.40. The van der Waals surface area contributed by atoms with E-state index in [0.29, 0.717) is 22.2 Å². The van der Waals surface area contributed by atoms with Gasteiger partial charge >= 0.3 is 0 Å². The highest BCUT2D eigenvalue weighted by atomic mass is 32.2. The van der Waals surface area contributed by atoms with Crippen LogP contribution in [0.4, 0.5) is 5.69 Å². The number of nitrogens with zero attached hydrogens (tertiary/aromatic N) is 4. The van der Waals surface area contributed by atoms with Crippen molar-refractivity contribution in [1.29, 1.82) is 0 Å². The molecule has 0 aliphatic heterocycles. The lowest BCUT2D eigenvalue weighted by molar-refractivity contribution is -0.130. The van der Waals surface area contributed by atoms with E-state index in [1.807, 2.05) is 72.8 Å². The zero-order valence-electron chi connectivity index (χ0n) is 20.4. The van der Waals surface area contributed by atoms with Crippen LogP contribution in [0, 0.1) is 0 Å². The monoisotopic (exact) mass is 502 g/mol. The molecular weight excluding hydrogens is 472 g/mol. The van der Waals surface area contributed by atoms with E-state index in [2.05, 4.69) is 23.8 Å². The fourth-order valence-corrected chi connectivity index (χ4v) is 5.04. The smallest absolute Gasteiger partial charge is 0.243 e. The molecule has 0 aliphatic rings. The highest BCUT2D eigenvalue weighted by Crippen LogP contribution is 2.26. The minimum absolute atomic E-state index is 0.128. The number of pyridine rings is 2. The highest BCUT2D eigenvalue weighted by molar-refractivity contribution is 7.86. The average Bonchev–Trinajstić information content (AvgIpc) is 2.91. The summed E-state index contributed by atoms with van der Waals surface area (Å²) in [5, 5.41) is 10.5. The van der Waals surface area contributed by atoms with Crippen molar-refractivity contribution in [2.45, 2.75) is 31.2 Å². The van der Waals surface area contributed by atoms with Crippen LogP contribution in [0.2, 0.25) is 0 Å². The van der Waals surface area contributed by atoms with Crippen molar-refractivity contribution >= 4 is 33.5 Å². The van der Waals surface area contributed by atoms with Crippen molar-refractivity contribution in [2.75, 3.05) is 24.0 Å². The summed E-state index contributed by atoms with van der Waals surface area (Å²) in [5.41, 5.74) is 3.33. The second-order valence-corrected chi connectivity index (χ2v) is 10.2. The van der Waals surface area contributed by atoms with E-state index in [1.165, 1.54) is 4.90 Å². The number of aromatic nitrogens is 2. The summed E-state index contributed by atoms with van der Waals surface area (Å²) in [7, 11) is -1.64. The number of hydrogen-bond donors (Lipinski definition) is 1. The molecule has 2 aromatic heterocycles. The van der Waals surface area contributed by atoms with Crippen molar-refractivity contribution in [3.8, 4) is 0 Å². The molecule has 36 heavy (non-hydrogen) atoms. The van der Waals surface area contributed by atoms with Gasteiger partial charge in [-0.2, -0.15) is 0 Å². The molecule has 0 saturated carbocycles. The maximum absolute atomic E-state index is 13.8. The molecule has 1 unspecified atom stereocenters. The maximum atomic E-state index is 13.8. The van der Waals surface area contributed by atoms with Crippen molar-refractivity contribution in [3.63, 3.8) is 0 Å². The number of aliphatic hydroxyl groups is 1. The van der Waals surface area contributed by atoms with Gasteiger partial charge in [-0.3, -0.25) is 19.1 Å². The first-order valence-electron chi connectivity index (χ1n) is 11.9. The summed E-state index contributed by atoms with van der Waals surface area (Å²) in [6.45, 7) is 4.32. The standard InChI is InChI=1S/C28H30N4O3S/c1-21(2)22-8-11-26(12-9-22)36(35)32(25-10-13-27-23(18-25)6-5-15-30-27)20-28(34)31(16-17-33)19-24-7-3-4-14-29-24/h3-15,18,21,33H,16-17,19-20H2,1-2H3. The van der Waals surface area contributed by atoms with E-state index in [9.17, 15) is 14.1 Å². The molecule has 1 atom stereocenters. The van der Waals surface area contributed by atoms with Crippen LogP contribution in [0.3, 0.4) is 0 Å². The van der Waals surface area contributed by atoms with Crippen molar-refractivity contribution in [3.05, 3.63) is 96.4 Å². The lowest BCUT2D eigenvalue weighted by Gasteiger charge is -2.28. The van der Waals surface area contributed by atoms with Crippen molar-refractivity contribution in [2.24, 2.45) is 0 Å². The van der Waals surface area contributed by atoms with Gasteiger partial charge < -0.3 is 10.0 Å². The van der Waals surface area contributed by atoms with Gasteiger partial charge in [-0.25, -0.2) is 4.21 Å². The minimum atomic E-state index is -1.64. The van der Waals surface area contributed by atoms with Gasteiger partial charge in [0, 0.05) is 24.3 Å². The average molecular weight is 503 g/mol. The predicted octanol–water partition coefficient (Wildman–Crippen LogP) is 4.30. The molecule has 1 amide bonds. The van der Waals surface area contributed by atoms with Gasteiger partial charge in [-0.15, -0.1) is 0 Å². The fourth-order valence-electron chi connectivity index (χ4n) is 3.88. The van der Waals surface area contributed by atoms with Crippen LogP contribution in [0.1, 0.15) is 31.0 Å². The van der Waals surface area contributed by atoms with E-state index in [4.69, 9.17) is 0 Å². The Morgan fingerprint density at radius 3 is 2.44 bits per heavy atom. The van der Waals surface area contributed by atoms with Crippen LogP contribution in [0.15, 0.2) is 90.1 Å². The molecule has 1 N–H and O–H groups in total. The first kappa shape index (κ1) is 25.5. The third-order valence-electron chi connectivity index (χ3n) is 5.90. The second-order valence-electron chi connectivity index (χ2n) is 8.75. The van der Waals surface area contributed by atoms with E-state index in [-0.39, 0.29) is 32.1 Å². The van der Waals surface area contributed by atoms with Crippen LogP contribution < -0.4 is 4.31 Å². The number of fused-ring (bicyclic) bond motifs is 1. The molecule has 0 radical (unpaired) electrons. The van der Waals surface area contributed by atoms with Gasteiger partial charge in [0.1, 0.15) is 6.54 Å². The van der Waals surface area contributed by atoms with Crippen LogP contribution in [-0.2, 0) is 22.3 Å². The highest BCUT2D eigenvalue weighted by Gasteiger charge is 2.24. The molecule has 7 nitrogen and oxygen atoms in total. The van der Waals surface area contributed by atoms with Gasteiger partial charge in [0.2, 0.25) is 5.91 Å². The van der Waals surface area contributed by atoms with E-state index >= 15 is 0 Å². The summed E-state index contributed by atoms with van der Waals surface area (Å²) in [4.78, 5) is 24.3. The molecule has 2 heterocycles. The van der Waals surface area contributed by atoms with E-state index < -0.39 is 11.0 Å². The maximum Gasteiger partial charge on any atom is 0.243 e. The number of benzene rings is 2. The molecule has 186 valence electrons. The molecule has 0 saturated heterocycles. The van der Waals surface area contributed by atoms with Gasteiger partial charge in [0.15, 0.2) is 11.0 Å². The Hall–Kier alpha value is -3.62. The Morgan fingerprint density at radius 2 is 1.75 bits per heavy atom. The third kappa shape index (κ3) is 6.13. The lowest BCUT2D eigenvalue weighted by atomic mass is 10.0. The zero-order chi connectivity index (χ0) is 25.5. The first-order valence-corrected chi connectivity index (χ1v) is 13.0. The predicted molar refractivity (Wildman–Crippen MR) is 143 cm³/mol. The number of carbonyl (C=O) groups excluding carboxylic acids is 1. The summed E-state index contributed by atoms with van der Waals surface area (Å²) in [6.07, 6.45) is 3.39. The summed E-state index contributed by atoms with van der Waals surface area (Å²) < 4.78 is 15.4. The molecule has 0 aliphatic carbocycles. The normalized spacial score (nSPS) is 12.0. The summed E-state index contributed by atoms with van der Waals surface area (Å²) in [5.74, 6) is 0.102. The largest absolute Gasteiger partial charge is 0.395 e. The van der Waals surface area contributed by atoms with Gasteiger partial charge in [0.05, 0.1) is 34.9 Å². The number of hydrogen-bond acceptors (Lipinski definition) is 5. The van der Waals surface area contributed by atoms with Gasteiger partial charge in [-0.1, -0.05) is 38.1 Å². The van der Waals surface area contributed by atoms with Crippen LogP contribution in [0.25, 0.3) is 10.9 Å². The van der Waals surface area contributed by atoms with Crippen LogP contribution in [0.5, 0.6) is 0 Å². The van der Waals surface area contributed by atoms with E-state index in [0.717, 1.165) is 16.5 Å². The molecule has 4 aromatic rings. The Labute approximate surface area is 214 Å². The Balaban J connectivity index is 1.66. The first-order chi connectivity index (χ1) is 17.5. The van der Waals surface area contributed by atoms with Gasteiger partial charge in [0.25, 0.3) is 0 Å². The van der Waals surface area contributed by atoms with Crippen LogP contribution >= 0.6 is 0 Å². The summed E-state index contributed by atoms with van der Waals surface area (Å²) in [6, 6.07) is 22.5. The third-order valence-corrected chi connectivity index (χ3v) is 7.32. The second kappa shape index (κ2) is 11.9. The quantitative estimate of drug-likeness (QED) is 0.349. The topological polar surface area (TPSA) is 86.6 Å². The van der Waals surface area contributed by atoms with Crippen molar-refractivity contribution in [1.82, 2.24) is 14.9 Å². The van der Waals surface area contributed by atoms with Gasteiger partial charge in [-0.05, 0) is 60.0 Å². The fraction of sp³-hybridized carbons (Fsp3) is 0.250. The molecule has 4 rings (SSSR count). The number of anilines is 1. The minimum Gasteiger partial charge on any atom is -0.395 e. The molecule has 2 aromatic carbocycles. The molecule has 0 bridgehead atoms. The molecule has 0 spiro atoms. The van der Waals surface area contributed by atoms with E-state index in [1.54, 1.807) is 16.7 Å². The number of rotatable bonds is 10. The molecular formula is C28H30N4O3S. The number of carbonyl (C=O) groups is 1. The SMILES string of the molecule is CC(C)c1ccc(S(=O)N(CC(=O)N(CCO)Cc2ccccn2)c2ccc3ncccc3c2)cc1. The molecule has 8 heteroatoms.